The second-order valence-corrected chi connectivity index (χ2v) is 8.16. The summed E-state index contributed by atoms with van der Waals surface area (Å²) < 4.78 is 5.48. The summed E-state index contributed by atoms with van der Waals surface area (Å²) in [5, 5.41) is 11.4. The van der Waals surface area contributed by atoms with E-state index < -0.39 is 17.8 Å². The number of thiophene rings is 1. The number of aliphatic hydroxyl groups is 1. The SMILES string of the molecule is Cc1cc(C(O)(Cc2ccccc2)C(=O)NOC2CCCCO2)c(C)s1. The predicted octanol–water partition coefficient (Wildman–Crippen LogP) is 3.37. The van der Waals surface area contributed by atoms with Gasteiger partial charge in [-0.3, -0.25) is 4.79 Å². The van der Waals surface area contributed by atoms with Gasteiger partial charge in [-0.15, -0.1) is 11.3 Å². The monoisotopic (exact) mass is 375 g/mol. The van der Waals surface area contributed by atoms with Gasteiger partial charge in [-0.25, -0.2) is 10.3 Å². The topological polar surface area (TPSA) is 67.8 Å². The van der Waals surface area contributed by atoms with Crippen molar-refractivity contribution >= 4 is 17.2 Å². The standard InChI is InChI=1S/C20H25NO4S/c1-14-12-17(15(2)26-14)20(23,13-16-8-4-3-5-9-16)19(22)21-25-18-10-6-7-11-24-18/h3-5,8-9,12,18,23H,6-7,10-11,13H2,1-2H3,(H,21,22). The summed E-state index contributed by atoms with van der Waals surface area (Å²) in [4.78, 5) is 20.3. The summed E-state index contributed by atoms with van der Waals surface area (Å²) in [7, 11) is 0. The van der Waals surface area contributed by atoms with Crippen molar-refractivity contribution in [1.82, 2.24) is 5.48 Å². The van der Waals surface area contributed by atoms with Crippen LogP contribution in [0, 0.1) is 13.8 Å². The molecule has 1 fully saturated rings. The summed E-state index contributed by atoms with van der Waals surface area (Å²) in [6.45, 7) is 4.51. The maximum absolute atomic E-state index is 12.9. The first-order valence-corrected chi connectivity index (χ1v) is 9.72. The molecule has 0 spiro atoms. The summed E-state index contributed by atoms with van der Waals surface area (Å²) in [6, 6.07) is 11.4. The highest BCUT2D eigenvalue weighted by molar-refractivity contribution is 7.12. The third-order valence-electron chi connectivity index (χ3n) is 4.59. The van der Waals surface area contributed by atoms with Gasteiger partial charge in [0.1, 0.15) is 0 Å². The Balaban J connectivity index is 1.82. The number of benzene rings is 1. The van der Waals surface area contributed by atoms with Crippen LogP contribution in [0.15, 0.2) is 36.4 Å². The number of ether oxygens (including phenoxy) is 1. The molecule has 26 heavy (non-hydrogen) atoms. The van der Waals surface area contributed by atoms with Crippen molar-refractivity contribution in [2.45, 2.75) is 51.4 Å². The van der Waals surface area contributed by atoms with Crippen molar-refractivity contribution in [3.63, 3.8) is 0 Å². The number of hydrogen-bond donors (Lipinski definition) is 2. The first-order chi connectivity index (χ1) is 12.5. The summed E-state index contributed by atoms with van der Waals surface area (Å²) in [5.74, 6) is -0.573. The number of hydroxylamine groups is 1. The third kappa shape index (κ3) is 4.32. The number of amides is 1. The van der Waals surface area contributed by atoms with Gasteiger partial charge in [0.05, 0.1) is 0 Å². The van der Waals surface area contributed by atoms with Gasteiger partial charge in [0, 0.05) is 34.8 Å². The van der Waals surface area contributed by atoms with Crippen molar-refractivity contribution in [2.24, 2.45) is 0 Å². The normalized spacial score (nSPS) is 19.7. The Kier molecular flexibility index (Phi) is 6.09. The number of carbonyl (C=O) groups excluding carboxylic acids is 1. The molecule has 0 aliphatic carbocycles. The fraction of sp³-hybridized carbons (Fsp3) is 0.450. The Bertz CT molecular complexity index is 740. The lowest BCUT2D eigenvalue weighted by molar-refractivity contribution is -0.208. The van der Waals surface area contributed by atoms with Crippen molar-refractivity contribution in [2.75, 3.05) is 6.61 Å². The molecule has 0 radical (unpaired) electrons. The van der Waals surface area contributed by atoms with E-state index in [1.54, 1.807) is 11.3 Å². The van der Waals surface area contributed by atoms with Crippen molar-refractivity contribution in [3.8, 4) is 0 Å². The molecule has 1 aliphatic heterocycles. The van der Waals surface area contributed by atoms with Crippen LogP contribution in [0.3, 0.4) is 0 Å². The minimum Gasteiger partial charge on any atom is -0.375 e. The van der Waals surface area contributed by atoms with Crippen LogP contribution in [0.25, 0.3) is 0 Å². The minimum atomic E-state index is -1.70. The van der Waals surface area contributed by atoms with Gasteiger partial charge in [0.25, 0.3) is 5.91 Å². The molecule has 1 aliphatic rings. The molecule has 1 amide bonds. The molecule has 2 heterocycles. The Morgan fingerprint density at radius 1 is 1.35 bits per heavy atom. The lowest BCUT2D eigenvalue weighted by atomic mass is 9.86. The van der Waals surface area contributed by atoms with Crippen molar-refractivity contribution in [1.29, 1.82) is 0 Å². The van der Waals surface area contributed by atoms with Gasteiger partial charge in [-0.2, -0.15) is 0 Å². The molecule has 1 saturated heterocycles. The molecule has 140 valence electrons. The van der Waals surface area contributed by atoms with Crippen LogP contribution in [-0.4, -0.2) is 23.9 Å². The lowest BCUT2D eigenvalue weighted by Gasteiger charge is -2.29. The summed E-state index contributed by atoms with van der Waals surface area (Å²) in [5.41, 5.74) is 2.23. The van der Waals surface area contributed by atoms with Crippen LogP contribution in [-0.2, 0) is 26.4 Å². The van der Waals surface area contributed by atoms with E-state index in [4.69, 9.17) is 9.57 Å². The molecule has 0 saturated carbocycles. The number of carbonyl (C=O) groups is 1. The third-order valence-corrected chi connectivity index (χ3v) is 5.55. The zero-order valence-electron chi connectivity index (χ0n) is 15.2. The van der Waals surface area contributed by atoms with E-state index in [1.165, 1.54) is 0 Å². The minimum absolute atomic E-state index is 0.172. The van der Waals surface area contributed by atoms with E-state index in [0.29, 0.717) is 12.2 Å². The van der Waals surface area contributed by atoms with E-state index in [0.717, 1.165) is 34.6 Å². The van der Waals surface area contributed by atoms with Gasteiger partial charge in [0.2, 0.25) is 0 Å². The van der Waals surface area contributed by atoms with Gasteiger partial charge in [0.15, 0.2) is 11.9 Å². The van der Waals surface area contributed by atoms with E-state index in [9.17, 15) is 9.90 Å². The number of aryl methyl sites for hydroxylation is 2. The molecule has 6 heteroatoms. The van der Waals surface area contributed by atoms with E-state index in [-0.39, 0.29) is 6.42 Å². The summed E-state index contributed by atoms with van der Waals surface area (Å²) in [6.07, 6.45) is 2.44. The Morgan fingerprint density at radius 2 is 2.12 bits per heavy atom. The van der Waals surface area contributed by atoms with E-state index in [1.807, 2.05) is 50.2 Å². The van der Waals surface area contributed by atoms with Crippen LogP contribution in [0.1, 0.15) is 40.1 Å². The smallest absolute Gasteiger partial charge is 0.280 e. The van der Waals surface area contributed by atoms with Crippen molar-refractivity contribution in [3.05, 3.63) is 57.3 Å². The maximum Gasteiger partial charge on any atom is 0.280 e. The quantitative estimate of drug-likeness (QED) is 0.760. The summed E-state index contributed by atoms with van der Waals surface area (Å²) >= 11 is 1.56. The zero-order valence-corrected chi connectivity index (χ0v) is 16.0. The molecule has 3 rings (SSSR count). The van der Waals surface area contributed by atoms with Crippen LogP contribution in [0.5, 0.6) is 0 Å². The average molecular weight is 375 g/mol. The van der Waals surface area contributed by atoms with Crippen LogP contribution < -0.4 is 5.48 Å². The maximum atomic E-state index is 12.9. The number of rotatable bonds is 6. The van der Waals surface area contributed by atoms with Crippen molar-refractivity contribution < 1.29 is 19.5 Å². The first kappa shape index (κ1) is 19.0. The molecule has 2 aromatic rings. The lowest BCUT2D eigenvalue weighted by Crippen LogP contribution is -2.47. The molecular formula is C20H25NO4S. The highest BCUT2D eigenvalue weighted by atomic mass is 32.1. The highest BCUT2D eigenvalue weighted by Crippen LogP contribution is 2.34. The van der Waals surface area contributed by atoms with Crippen LogP contribution >= 0.6 is 11.3 Å². The molecule has 1 aromatic carbocycles. The highest BCUT2D eigenvalue weighted by Gasteiger charge is 2.41. The van der Waals surface area contributed by atoms with Gasteiger partial charge in [-0.1, -0.05) is 30.3 Å². The second-order valence-electron chi connectivity index (χ2n) is 6.69. The number of nitrogens with one attached hydrogen (secondary N) is 1. The largest absolute Gasteiger partial charge is 0.375 e. The van der Waals surface area contributed by atoms with Crippen LogP contribution in [0.2, 0.25) is 0 Å². The first-order valence-electron chi connectivity index (χ1n) is 8.90. The van der Waals surface area contributed by atoms with Gasteiger partial charge < -0.3 is 9.84 Å². The average Bonchev–Trinajstić information content (AvgIpc) is 3.00. The molecule has 2 unspecified atom stereocenters. The fourth-order valence-electron chi connectivity index (χ4n) is 3.24. The Morgan fingerprint density at radius 3 is 2.73 bits per heavy atom. The number of hydrogen-bond acceptors (Lipinski definition) is 5. The van der Waals surface area contributed by atoms with Gasteiger partial charge in [-0.05, 0) is 38.3 Å². The predicted molar refractivity (Wildman–Crippen MR) is 101 cm³/mol. The van der Waals surface area contributed by atoms with Crippen LogP contribution in [0.4, 0.5) is 0 Å². The fourth-order valence-corrected chi connectivity index (χ4v) is 4.24. The Labute approximate surface area is 157 Å². The molecule has 2 N–H and O–H groups in total. The molecule has 2 atom stereocenters. The van der Waals surface area contributed by atoms with E-state index in [2.05, 4.69) is 5.48 Å². The van der Waals surface area contributed by atoms with Gasteiger partial charge >= 0.3 is 0 Å². The molecular weight excluding hydrogens is 350 g/mol. The van der Waals surface area contributed by atoms with E-state index >= 15 is 0 Å². The molecule has 0 bridgehead atoms. The molecule has 5 nitrogen and oxygen atoms in total. The zero-order chi connectivity index (χ0) is 18.6. The molecule has 1 aromatic heterocycles. The second kappa shape index (κ2) is 8.31. The Hall–Kier alpha value is -1.73.